The van der Waals surface area contributed by atoms with Crippen LogP contribution in [-0.4, -0.2) is 19.1 Å². The van der Waals surface area contributed by atoms with Crippen molar-refractivity contribution in [2.24, 2.45) is 0 Å². The molecule has 1 rings (SSSR count). The number of nitrogens with one attached hydrogen (secondary N) is 1. The Morgan fingerprint density at radius 1 is 1.44 bits per heavy atom. The molecule has 1 N–H and O–H groups in total. The van der Waals surface area contributed by atoms with E-state index in [4.69, 9.17) is 4.74 Å². The number of amides is 1. The Morgan fingerprint density at radius 2 is 2.12 bits per heavy atom. The number of rotatable bonds is 4. The molecule has 0 aliphatic carbocycles. The SMILES string of the molecule is COC(C)C(=O)N[C@H](C)c1cccc(Br)c1. The molecule has 0 bridgehead atoms. The summed E-state index contributed by atoms with van der Waals surface area (Å²) >= 11 is 3.40. The predicted molar refractivity (Wildman–Crippen MR) is 67.2 cm³/mol. The fourth-order valence-corrected chi connectivity index (χ4v) is 1.71. The minimum atomic E-state index is -0.422. The van der Waals surface area contributed by atoms with Gasteiger partial charge in [-0.3, -0.25) is 4.79 Å². The standard InChI is InChI=1S/C12H16BrNO2/c1-8(14-12(15)9(2)16-3)10-5-4-6-11(13)7-10/h4-9H,1-3H3,(H,14,15)/t8-,9?/m1/s1. The Bertz CT molecular complexity index is 368. The van der Waals surface area contributed by atoms with E-state index in [0.717, 1.165) is 10.0 Å². The topological polar surface area (TPSA) is 38.3 Å². The normalized spacial score (nSPS) is 14.2. The van der Waals surface area contributed by atoms with Crippen molar-refractivity contribution in [3.8, 4) is 0 Å². The van der Waals surface area contributed by atoms with Gasteiger partial charge in [-0.1, -0.05) is 28.1 Å². The van der Waals surface area contributed by atoms with Gasteiger partial charge in [0.1, 0.15) is 6.10 Å². The van der Waals surface area contributed by atoms with Crippen LogP contribution in [0.1, 0.15) is 25.5 Å². The molecule has 0 saturated heterocycles. The number of carbonyl (C=O) groups excluding carboxylic acids is 1. The molecule has 0 fully saturated rings. The van der Waals surface area contributed by atoms with Crippen LogP contribution in [-0.2, 0) is 9.53 Å². The lowest BCUT2D eigenvalue weighted by Gasteiger charge is -2.17. The highest BCUT2D eigenvalue weighted by Crippen LogP contribution is 2.17. The fraction of sp³-hybridized carbons (Fsp3) is 0.417. The molecule has 1 aromatic rings. The maximum atomic E-state index is 11.6. The number of hydrogen-bond acceptors (Lipinski definition) is 2. The monoisotopic (exact) mass is 285 g/mol. The first-order chi connectivity index (χ1) is 7.54. The number of ether oxygens (including phenoxy) is 1. The van der Waals surface area contributed by atoms with Gasteiger partial charge in [-0.15, -0.1) is 0 Å². The highest BCUT2D eigenvalue weighted by Gasteiger charge is 2.15. The molecular formula is C12H16BrNO2. The lowest BCUT2D eigenvalue weighted by Crippen LogP contribution is -2.35. The van der Waals surface area contributed by atoms with Crippen molar-refractivity contribution in [1.82, 2.24) is 5.32 Å². The van der Waals surface area contributed by atoms with Gasteiger partial charge < -0.3 is 10.1 Å². The van der Waals surface area contributed by atoms with Crippen LogP contribution in [0, 0.1) is 0 Å². The van der Waals surface area contributed by atoms with Crippen molar-refractivity contribution in [1.29, 1.82) is 0 Å². The Hall–Kier alpha value is -0.870. The molecule has 0 aliphatic rings. The van der Waals surface area contributed by atoms with Gasteiger partial charge in [-0.25, -0.2) is 0 Å². The molecule has 3 nitrogen and oxygen atoms in total. The van der Waals surface area contributed by atoms with E-state index >= 15 is 0 Å². The fourth-order valence-electron chi connectivity index (χ4n) is 1.30. The van der Waals surface area contributed by atoms with Crippen molar-refractivity contribution < 1.29 is 9.53 Å². The van der Waals surface area contributed by atoms with Crippen molar-refractivity contribution >= 4 is 21.8 Å². The molecule has 0 radical (unpaired) electrons. The summed E-state index contributed by atoms with van der Waals surface area (Å²) in [6.07, 6.45) is -0.422. The van der Waals surface area contributed by atoms with E-state index in [1.54, 1.807) is 6.92 Å². The van der Waals surface area contributed by atoms with Crippen molar-refractivity contribution in [3.63, 3.8) is 0 Å². The number of halogens is 1. The second kappa shape index (κ2) is 6.01. The Kier molecular flexibility index (Phi) is 4.96. The van der Waals surface area contributed by atoms with E-state index in [-0.39, 0.29) is 11.9 Å². The largest absolute Gasteiger partial charge is 0.372 e. The first kappa shape index (κ1) is 13.2. The predicted octanol–water partition coefficient (Wildman–Crippen LogP) is 2.66. The smallest absolute Gasteiger partial charge is 0.249 e. The zero-order chi connectivity index (χ0) is 12.1. The van der Waals surface area contributed by atoms with Crippen molar-refractivity contribution in [3.05, 3.63) is 34.3 Å². The highest BCUT2D eigenvalue weighted by atomic mass is 79.9. The summed E-state index contributed by atoms with van der Waals surface area (Å²) in [5, 5.41) is 2.89. The molecule has 1 amide bonds. The van der Waals surface area contributed by atoms with Gasteiger partial charge in [0, 0.05) is 11.6 Å². The minimum Gasteiger partial charge on any atom is -0.372 e. The molecule has 0 heterocycles. The number of hydrogen-bond donors (Lipinski definition) is 1. The quantitative estimate of drug-likeness (QED) is 0.924. The second-order valence-corrected chi connectivity index (χ2v) is 4.58. The Balaban J connectivity index is 2.65. The van der Waals surface area contributed by atoms with Gasteiger partial charge in [0.05, 0.1) is 6.04 Å². The number of benzene rings is 1. The lowest BCUT2D eigenvalue weighted by molar-refractivity contribution is -0.130. The number of methoxy groups -OCH3 is 1. The third kappa shape index (κ3) is 3.61. The first-order valence-corrected chi connectivity index (χ1v) is 5.92. The summed E-state index contributed by atoms with van der Waals surface area (Å²) in [4.78, 5) is 11.6. The lowest BCUT2D eigenvalue weighted by atomic mass is 10.1. The first-order valence-electron chi connectivity index (χ1n) is 5.13. The third-order valence-electron chi connectivity index (χ3n) is 2.43. The van der Waals surface area contributed by atoms with Crippen LogP contribution in [0.2, 0.25) is 0 Å². The van der Waals surface area contributed by atoms with Gasteiger partial charge in [-0.05, 0) is 31.5 Å². The van der Waals surface area contributed by atoms with Crippen LogP contribution in [0.3, 0.4) is 0 Å². The summed E-state index contributed by atoms with van der Waals surface area (Å²) in [5.74, 6) is -0.102. The van der Waals surface area contributed by atoms with Gasteiger partial charge in [-0.2, -0.15) is 0 Å². The minimum absolute atomic E-state index is 0.0254. The molecule has 1 unspecified atom stereocenters. The van der Waals surface area contributed by atoms with Crippen LogP contribution in [0.5, 0.6) is 0 Å². The second-order valence-electron chi connectivity index (χ2n) is 3.66. The van der Waals surface area contributed by atoms with Crippen LogP contribution in [0.25, 0.3) is 0 Å². The van der Waals surface area contributed by atoms with Gasteiger partial charge in [0.15, 0.2) is 0 Å². The van der Waals surface area contributed by atoms with Crippen LogP contribution in [0.15, 0.2) is 28.7 Å². The average Bonchev–Trinajstić information content (AvgIpc) is 2.27. The number of carbonyl (C=O) groups is 1. The van der Waals surface area contributed by atoms with Crippen LogP contribution >= 0.6 is 15.9 Å². The molecule has 88 valence electrons. The molecule has 0 spiro atoms. The Labute approximate surface area is 104 Å². The molecule has 0 saturated carbocycles. The van der Waals surface area contributed by atoms with Crippen LogP contribution < -0.4 is 5.32 Å². The summed E-state index contributed by atoms with van der Waals surface area (Å²) < 4.78 is 5.96. The third-order valence-corrected chi connectivity index (χ3v) is 2.92. The van der Waals surface area contributed by atoms with Gasteiger partial charge in [0.2, 0.25) is 5.91 Å². The van der Waals surface area contributed by atoms with E-state index < -0.39 is 6.10 Å². The van der Waals surface area contributed by atoms with Crippen LogP contribution in [0.4, 0.5) is 0 Å². The van der Waals surface area contributed by atoms with Crippen molar-refractivity contribution in [2.75, 3.05) is 7.11 Å². The molecule has 0 aromatic heterocycles. The molecule has 0 aliphatic heterocycles. The van der Waals surface area contributed by atoms with E-state index in [9.17, 15) is 4.79 Å². The van der Waals surface area contributed by atoms with E-state index in [2.05, 4.69) is 21.2 Å². The average molecular weight is 286 g/mol. The molecule has 4 heteroatoms. The maximum absolute atomic E-state index is 11.6. The summed E-state index contributed by atoms with van der Waals surface area (Å²) in [6.45, 7) is 3.67. The summed E-state index contributed by atoms with van der Waals surface area (Å²) in [5.41, 5.74) is 1.06. The zero-order valence-electron chi connectivity index (χ0n) is 9.66. The summed E-state index contributed by atoms with van der Waals surface area (Å²) in [7, 11) is 1.52. The van der Waals surface area contributed by atoms with Gasteiger partial charge in [0.25, 0.3) is 0 Å². The molecule has 2 atom stereocenters. The Morgan fingerprint density at radius 3 is 2.69 bits per heavy atom. The maximum Gasteiger partial charge on any atom is 0.249 e. The van der Waals surface area contributed by atoms with E-state index in [1.807, 2.05) is 31.2 Å². The van der Waals surface area contributed by atoms with Crippen molar-refractivity contribution in [2.45, 2.75) is 26.0 Å². The molecule has 1 aromatic carbocycles. The molecular weight excluding hydrogens is 270 g/mol. The molecule has 16 heavy (non-hydrogen) atoms. The van der Waals surface area contributed by atoms with E-state index in [1.165, 1.54) is 7.11 Å². The van der Waals surface area contributed by atoms with Gasteiger partial charge >= 0.3 is 0 Å². The van der Waals surface area contributed by atoms with E-state index in [0.29, 0.717) is 0 Å². The summed E-state index contributed by atoms with van der Waals surface area (Å²) in [6, 6.07) is 7.84. The highest BCUT2D eigenvalue weighted by molar-refractivity contribution is 9.10. The zero-order valence-corrected chi connectivity index (χ0v) is 11.2.